The fraction of sp³-hybridized carbons (Fsp3) is 0.455. The van der Waals surface area contributed by atoms with E-state index < -0.39 is 0 Å². The zero-order valence-electron chi connectivity index (χ0n) is 32.2. The van der Waals surface area contributed by atoms with Crippen LogP contribution in [0.4, 0.5) is 0 Å². The summed E-state index contributed by atoms with van der Waals surface area (Å²) in [5.41, 5.74) is 4.47. The average molecular weight is 917 g/mol. The van der Waals surface area contributed by atoms with Crippen molar-refractivity contribution in [2.75, 3.05) is 0 Å². The molecule has 1 radical (unpaired) electrons. The average Bonchev–Trinajstić information content (AvgIpc) is 3.83. The molecule has 51 heavy (non-hydrogen) atoms. The molecule has 275 valence electrons. The summed E-state index contributed by atoms with van der Waals surface area (Å²) in [5, 5.41) is 20.0. The van der Waals surface area contributed by atoms with E-state index in [0.29, 0.717) is 5.92 Å². The number of aliphatic hydroxyl groups is 1. The smallest absolute Gasteiger partial charge is 0.164 e. The number of aromatic nitrogens is 1. The number of ketones is 1. The molecule has 0 bridgehead atoms. The van der Waals surface area contributed by atoms with E-state index in [1.807, 2.05) is 81.7 Å². The van der Waals surface area contributed by atoms with Crippen molar-refractivity contribution in [1.29, 1.82) is 0 Å². The number of hydrogen-bond acceptors (Lipinski definition) is 6. The molecule has 1 N–H and O–H groups in total. The number of nitrogens with zero attached hydrogens (tertiary/aromatic N) is 1. The van der Waals surface area contributed by atoms with Crippen LogP contribution < -0.4 is 0 Å². The monoisotopic (exact) mass is 917 g/mol. The van der Waals surface area contributed by atoms with Crippen molar-refractivity contribution in [3.8, 4) is 11.3 Å². The van der Waals surface area contributed by atoms with Crippen molar-refractivity contribution in [3.05, 3.63) is 76.3 Å². The molecule has 0 amide bonds. The predicted molar refractivity (Wildman–Crippen MR) is 223 cm³/mol. The molecule has 0 aliphatic heterocycles. The van der Waals surface area contributed by atoms with Crippen molar-refractivity contribution in [2.24, 2.45) is 16.7 Å². The number of allylic oxidation sites excluding steroid dienone is 2. The Bertz CT molecular complexity index is 2170. The summed E-state index contributed by atoms with van der Waals surface area (Å²) in [6.07, 6.45) is 7.86. The Morgan fingerprint density at radius 1 is 0.882 bits per heavy atom. The van der Waals surface area contributed by atoms with Crippen LogP contribution in [0, 0.1) is 22.8 Å². The van der Waals surface area contributed by atoms with Gasteiger partial charge >= 0.3 is 0 Å². The maximum atomic E-state index is 12.2. The van der Waals surface area contributed by atoms with Gasteiger partial charge in [0.05, 0.1) is 0 Å². The number of rotatable bonds is 10. The summed E-state index contributed by atoms with van der Waals surface area (Å²) in [6, 6.07) is 15.1. The van der Waals surface area contributed by atoms with Gasteiger partial charge in [0, 0.05) is 68.4 Å². The first-order valence-corrected chi connectivity index (χ1v) is 20.8. The SMILES string of the molecule is CC(C)Cc1csc2c1ccc1sc3c(-c4[c-]c5ccsc5c(C(C)(C)C)c4)nccc3c12.CCC(C)(CC)C(=O)/C=C(\O)C(C)(CC)CC.[Ir]. The van der Waals surface area contributed by atoms with E-state index in [4.69, 9.17) is 4.98 Å². The van der Waals surface area contributed by atoms with Crippen LogP contribution >= 0.6 is 34.0 Å². The number of thiophene rings is 3. The first-order chi connectivity index (χ1) is 23.6. The topological polar surface area (TPSA) is 50.2 Å². The van der Waals surface area contributed by atoms with Gasteiger partial charge in [0.15, 0.2) is 5.78 Å². The molecular formula is C44H54IrNO2S3-. The quantitative estimate of drug-likeness (QED) is 0.0846. The van der Waals surface area contributed by atoms with Crippen LogP contribution in [0.1, 0.15) is 113 Å². The van der Waals surface area contributed by atoms with Gasteiger partial charge in [-0.05, 0) is 87.4 Å². The molecule has 3 nitrogen and oxygen atoms in total. The summed E-state index contributed by atoms with van der Waals surface area (Å²) in [4.78, 5) is 17.1. The van der Waals surface area contributed by atoms with Gasteiger partial charge in [-0.15, -0.1) is 46.3 Å². The zero-order valence-corrected chi connectivity index (χ0v) is 37.0. The number of aliphatic hydroxyl groups excluding tert-OH is 1. The normalized spacial score (nSPS) is 12.9. The second-order valence-electron chi connectivity index (χ2n) is 15.8. The van der Waals surface area contributed by atoms with Crippen LogP contribution in [0.3, 0.4) is 0 Å². The van der Waals surface area contributed by atoms with Crippen LogP contribution in [0.5, 0.6) is 0 Å². The molecule has 0 saturated carbocycles. The molecule has 4 aromatic heterocycles. The van der Waals surface area contributed by atoms with Crippen LogP contribution in [-0.2, 0) is 36.7 Å². The van der Waals surface area contributed by atoms with Gasteiger partial charge in [-0.3, -0.25) is 9.78 Å². The molecule has 0 fully saturated rings. The summed E-state index contributed by atoms with van der Waals surface area (Å²) in [6.45, 7) is 23.6. The van der Waals surface area contributed by atoms with Crippen LogP contribution in [-0.4, -0.2) is 15.9 Å². The summed E-state index contributed by atoms with van der Waals surface area (Å²) < 4.78 is 5.37. The van der Waals surface area contributed by atoms with E-state index in [2.05, 4.69) is 81.8 Å². The van der Waals surface area contributed by atoms with Crippen molar-refractivity contribution < 1.29 is 30.0 Å². The summed E-state index contributed by atoms with van der Waals surface area (Å²) in [7, 11) is 0. The molecule has 0 spiro atoms. The number of carbonyl (C=O) groups is 1. The standard InChI is InChI=1S/C29H26NS3.C15H28O2.Ir/c1-16(2)12-19-15-32-27-20(19)6-7-23-24(27)21-8-10-30-25(28(21)33-23)18-13-17-9-11-31-26(17)22(14-18)29(3,4)5;1-7-14(5,8-2)12(16)11-13(17)15(6,9-3)10-4;/h6-11,14-16H,12H2,1-5H3;11,16H,7-10H2,1-6H3;/q-1;;/b;12-11-;. The maximum Gasteiger partial charge on any atom is 0.164 e. The largest absolute Gasteiger partial charge is 0.512 e. The van der Waals surface area contributed by atoms with Gasteiger partial charge in [-0.2, -0.15) is 11.3 Å². The molecule has 0 atom stereocenters. The van der Waals surface area contributed by atoms with E-state index in [1.165, 1.54) is 57.5 Å². The number of carbonyl (C=O) groups excluding carboxylic acids is 1. The summed E-state index contributed by atoms with van der Waals surface area (Å²) in [5.74, 6) is 0.946. The number of pyridine rings is 1. The molecule has 4 heterocycles. The molecule has 7 heteroatoms. The Labute approximate surface area is 330 Å². The second kappa shape index (κ2) is 16.3. The van der Waals surface area contributed by atoms with Crippen molar-refractivity contribution >= 4 is 80.1 Å². The fourth-order valence-corrected chi connectivity index (χ4v) is 10.00. The minimum atomic E-state index is -0.337. The molecule has 0 aliphatic rings. The molecular weight excluding hydrogens is 863 g/mol. The Hall–Kier alpha value is -2.41. The summed E-state index contributed by atoms with van der Waals surface area (Å²) >= 11 is 5.58. The zero-order chi connectivity index (χ0) is 36.6. The number of fused-ring (bicyclic) bond motifs is 6. The molecule has 0 saturated heterocycles. The number of hydrogen-bond donors (Lipinski definition) is 1. The van der Waals surface area contributed by atoms with Gasteiger partial charge in [0.2, 0.25) is 0 Å². The van der Waals surface area contributed by atoms with Crippen molar-refractivity contribution in [2.45, 2.75) is 114 Å². The van der Waals surface area contributed by atoms with E-state index in [-0.39, 0.29) is 47.9 Å². The van der Waals surface area contributed by atoms with E-state index in [1.54, 1.807) is 0 Å². The Kier molecular flexibility index (Phi) is 13.2. The fourth-order valence-electron chi connectivity index (χ4n) is 6.50. The molecule has 6 rings (SSSR count). The van der Waals surface area contributed by atoms with Crippen LogP contribution in [0.15, 0.2) is 59.1 Å². The maximum absolute atomic E-state index is 12.2. The second-order valence-corrected chi connectivity index (χ2v) is 18.6. The van der Waals surface area contributed by atoms with Crippen LogP contribution in [0.2, 0.25) is 0 Å². The molecule has 6 aromatic rings. The minimum Gasteiger partial charge on any atom is -0.512 e. The Morgan fingerprint density at radius 2 is 1.55 bits per heavy atom. The predicted octanol–water partition coefficient (Wildman–Crippen LogP) is 14.5. The van der Waals surface area contributed by atoms with E-state index in [0.717, 1.165) is 43.4 Å². The van der Waals surface area contributed by atoms with Crippen molar-refractivity contribution in [1.82, 2.24) is 4.98 Å². The van der Waals surface area contributed by atoms with Gasteiger partial charge in [-0.1, -0.05) is 93.4 Å². The van der Waals surface area contributed by atoms with Crippen molar-refractivity contribution in [3.63, 3.8) is 0 Å². The van der Waals surface area contributed by atoms with Gasteiger partial charge in [-0.25, -0.2) is 0 Å². The third-order valence-corrected chi connectivity index (χ3v) is 14.1. The van der Waals surface area contributed by atoms with E-state index >= 15 is 0 Å². The molecule has 0 aliphatic carbocycles. The third-order valence-electron chi connectivity index (χ3n) is 10.9. The minimum absolute atomic E-state index is 0. The molecule has 0 unspecified atom stereocenters. The third kappa shape index (κ3) is 8.24. The Morgan fingerprint density at radius 3 is 2.16 bits per heavy atom. The van der Waals surface area contributed by atoms with E-state index in [9.17, 15) is 9.90 Å². The first kappa shape index (κ1) is 41.3. The Balaban J connectivity index is 0.000000279. The van der Waals surface area contributed by atoms with Crippen LogP contribution in [0.25, 0.3) is 51.6 Å². The first-order valence-electron chi connectivity index (χ1n) is 18.2. The number of benzene rings is 2. The molecule has 2 aromatic carbocycles. The van der Waals surface area contributed by atoms with Gasteiger partial charge in [0.1, 0.15) is 5.76 Å². The van der Waals surface area contributed by atoms with Gasteiger partial charge < -0.3 is 5.11 Å². The van der Waals surface area contributed by atoms with Gasteiger partial charge in [0.25, 0.3) is 0 Å².